The summed E-state index contributed by atoms with van der Waals surface area (Å²) in [6.07, 6.45) is 1.39. The van der Waals surface area contributed by atoms with Crippen LogP contribution in [0.2, 0.25) is 0 Å². The lowest BCUT2D eigenvalue weighted by atomic mass is 10.1. The highest BCUT2D eigenvalue weighted by Gasteiger charge is 2.15. The van der Waals surface area contributed by atoms with E-state index in [2.05, 4.69) is 43.8 Å². The normalized spacial score (nSPS) is 10.6. The fourth-order valence-corrected chi connectivity index (χ4v) is 4.09. The Morgan fingerprint density at radius 3 is 2.42 bits per heavy atom. The lowest BCUT2D eigenvalue weighted by molar-refractivity contribution is -0.139. The van der Waals surface area contributed by atoms with Gasteiger partial charge in [0, 0.05) is 12.2 Å². The number of carbonyl (C=O) groups is 3. The summed E-state index contributed by atoms with van der Waals surface area (Å²) >= 11 is 2.07. The standard InChI is InChI=1S/C28H29IN4O5/c1-4-37-24-14-21(16-31-33-28(36)27(35)30-15-20-10-8-18(2)9-11-20)13-23(29)26(24)38-17-25(34)32-22-7-5-6-19(3)12-22/h5-14,16H,4,15,17H2,1-3H3,(H,30,35)(H,32,34)(H,33,36)/b31-16-. The Bertz CT molecular complexity index is 1330. The summed E-state index contributed by atoms with van der Waals surface area (Å²) in [5.74, 6) is -1.13. The second kappa shape index (κ2) is 14.1. The Morgan fingerprint density at radius 1 is 0.947 bits per heavy atom. The average Bonchev–Trinajstić information content (AvgIpc) is 2.88. The Kier molecular flexibility index (Phi) is 10.6. The molecule has 0 saturated heterocycles. The van der Waals surface area contributed by atoms with Gasteiger partial charge < -0.3 is 20.1 Å². The molecule has 0 aliphatic heterocycles. The zero-order valence-corrected chi connectivity index (χ0v) is 23.5. The Labute approximate surface area is 235 Å². The summed E-state index contributed by atoms with van der Waals surface area (Å²) < 4.78 is 12.2. The molecule has 0 radical (unpaired) electrons. The topological polar surface area (TPSA) is 118 Å². The first-order valence-electron chi connectivity index (χ1n) is 11.9. The van der Waals surface area contributed by atoms with Crippen molar-refractivity contribution in [2.45, 2.75) is 27.3 Å². The van der Waals surface area contributed by atoms with E-state index in [1.165, 1.54) is 6.21 Å². The van der Waals surface area contributed by atoms with Gasteiger partial charge in [0.1, 0.15) is 0 Å². The number of halogens is 1. The van der Waals surface area contributed by atoms with Crippen LogP contribution in [0.25, 0.3) is 0 Å². The number of amides is 3. The molecule has 0 spiro atoms. The maximum absolute atomic E-state index is 12.4. The number of hydrogen-bond acceptors (Lipinski definition) is 6. The second-order valence-corrected chi connectivity index (χ2v) is 9.50. The summed E-state index contributed by atoms with van der Waals surface area (Å²) in [5, 5.41) is 9.24. The second-order valence-electron chi connectivity index (χ2n) is 8.34. The largest absolute Gasteiger partial charge is 0.490 e. The van der Waals surface area contributed by atoms with E-state index in [1.54, 1.807) is 18.2 Å². The van der Waals surface area contributed by atoms with Crippen LogP contribution in [0.15, 0.2) is 65.8 Å². The Hall–Kier alpha value is -3.93. The average molecular weight is 628 g/mol. The molecule has 10 heteroatoms. The monoisotopic (exact) mass is 628 g/mol. The third-order valence-corrected chi connectivity index (χ3v) is 5.94. The molecule has 3 rings (SSSR count). The van der Waals surface area contributed by atoms with E-state index in [1.807, 2.05) is 63.2 Å². The van der Waals surface area contributed by atoms with E-state index >= 15 is 0 Å². The van der Waals surface area contributed by atoms with E-state index in [0.717, 1.165) is 16.7 Å². The highest BCUT2D eigenvalue weighted by atomic mass is 127. The van der Waals surface area contributed by atoms with Crippen molar-refractivity contribution in [3.63, 3.8) is 0 Å². The van der Waals surface area contributed by atoms with Crippen LogP contribution in [0.4, 0.5) is 5.69 Å². The molecule has 0 heterocycles. The highest BCUT2D eigenvalue weighted by molar-refractivity contribution is 14.1. The van der Waals surface area contributed by atoms with E-state index < -0.39 is 11.8 Å². The fourth-order valence-electron chi connectivity index (χ4n) is 3.31. The summed E-state index contributed by atoms with van der Waals surface area (Å²) in [7, 11) is 0. The van der Waals surface area contributed by atoms with Gasteiger partial charge in [0.05, 0.1) is 16.4 Å². The molecule has 0 aromatic heterocycles. The smallest absolute Gasteiger partial charge is 0.329 e. The quantitative estimate of drug-likeness (QED) is 0.135. The summed E-state index contributed by atoms with van der Waals surface area (Å²) in [6, 6.07) is 18.5. The third-order valence-electron chi connectivity index (χ3n) is 5.14. The first-order valence-corrected chi connectivity index (χ1v) is 13.0. The van der Waals surface area contributed by atoms with Gasteiger partial charge in [-0.2, -0.15) is 5.10 Å². The molecule has 38 heavy (non-hydrogen) atoms. The van der Waals surface area contributed by atoms with Crippen molar-refractivity contribution >= 4 is 52.2 Å². The third kappa shape index (κ3) is 8.87. The van der Waals surface area contributed by atoms with E-state index in [-0.39, 0.29) is 19.1 Å². The molecule has 3 aromatic rings. The molecule has 9 nitrogen and oxygen atoms in total. The lowest BCUT2D eigenvalue weighted by Crippen LogP contribution is -2.37. The predicted molar refractivity (Wildman–Crippen MR) is 154 cm³/mol. The van der Waals surface area contributed by atoms with Crippen molar-refractivity contribution in [3.8, 4) is 11.5 Å². The van der Waals surface area contributed by atoms with E-state index in [0.29, 0.717) is 32.9 Å². The number of rotatable bonds is 10. The molecular formula is C28H29IN4O5. The minimum Gasteiger partial charge on any atom is -0.490 e. The maximum Gasteiger partial charge on any atom is 0.329 e. The van der Waals surface area contributed by atoms with Crippen molar-refractivity contribution in [2.75, 3.05) is 18.5 Å². The van der Waals surface area contributed by atoms with Crippen LogP contribution in [0.1, 0.15) is 29.2 Å². The van der Waals surface area contributed by atoms with Gasteiger partial charge in [0.25, 0.3) is 5.91 Å². The number of aryl methyl sites for hydroxylation is 2. The molecule has 0 atom stereocenters. The van der Waals surface area contributed by atoms with Crippen molar-refractivity contribution in [2.24, 2.45) is 5.10 Å². The molecule has 3 aromatic carbocycles. The van der Waals surface area contributed by atoms with E-state index in [4.69, 9.17) is 9.47 Å². The number of benzene rings is 3. The van der Waals surface area contributed by atoms with Gasteiger partial charge in [-0.25, -0.2) is 5.43 Å². The number of hydrazone groups is 1. The van der Waals surface area contributed by atoms with Crippen LogP contribution in [-0.2, 0) is 20.9 Å². The highest BCUT2D eigenvalue weighted by Crippen LogP contribution is 2.34. The number of ether oxygens (including phenoxy) is 2. The van der Waals surface area contributed by atoms with Crippen LogP contribution in [0.5, 0.6) is 11.5 Å². The Balaban J connectivity index is 1.57. The van der Waals surface area contributed by atoms with Crippen molar-refractivity contribution in [3.05, 3.63) is 86.5 Å². The van der Waals surface area contributed by atoms with Crippen LogP contribution in [-0.4, -0.2) is 37.1 Å². The van der Waals surface area contributed by atoms with Gasteiger partial charge >= 0.3 is 11.8 Å². The van der Waals surface area contributed by atoms with Crippen LogP contribution in [0.3, 0.4) is 0 Å². The maximum atomic E-state index is 12.4. The van der Waals surface area contributed by atoms with Gasteiger partial charge in [0.15, 0.2) is 18.1 Å². The minimum absolute atomic E-state index is 0.203. The molecule has 0 fully saturated rings. The van der Waals surface area contributed by atoms with Crippen LogP contribution in [0, 0.1) is 17.4 Å². The van der Waals surface area contributed by atoms with Crippen LogP contribution >= 0.6 is 22.6 Å². The first kappa shape index (κ1) is 28.6. The lowest BCUT2D eigenvalue weighted by Gasteiger charge is -2.14. The van der Waals surface area contributed by atoms with Crippen molar-refractivity contribution in [1.82, 2.24) is 10.7 Å². The number of nitrogens with zero attached hydrogens (tertiary/aromatic N) is 1. The zero-order valence-electron chi connectivity index (χ0n) is 21.3. The van der Waals surface area contributed by atoms with Gasteiger partial charge in [-0.1, -0.05) is 42.0 Å². The number of anilines is 1. The zero-order chi connectivity index (χ0) is 27.5. The summed E-state index contributed by atoms with van der Waals surface area (Å²) in [5.41, 5.74) is 6.54. The molecule has 0 aliphatic rings. The number of hydrogen-bond donors (Lipinski definition) is 3. The number of nitrogens with one attached hydrogen (secondary N) is 3. The SMILES string of the molecule is CCOc1cc(/C=N\NC(=O)C(=O)NCc2ccc(C)cc2)cc(I)c1OCC(=O)Nc1cccc(C)c1. The molecule has 0 aliphatic carbocycles. The molecule has 3 amide bonds. The van der Waals surface area contributed by atoms with Crippen molar-refractivity contribution in [1.29, 1.82) is 0 Å². The van der Waals surface area contributed by atoms with Gasteiger partial charge in [0.2, 0.25) is 0 Å². The summed E-state index contributed by atoms with van der Waals surface area (Å²) in [4.78, 5) is 36.5. The predicted octanol–water partition coefficient (Wildman–Crippen LogP) is 4.09. The van der Waals surface area contributed by atoms with E-state index in [9.17, 15) is 14.4 Å². The molecular weight excluding hydrogens is 599 g/mol. The molecule has 198 valence electrons. The molecule has 0 saturated carbocycles. The van der Waals surface area contributed by atoms with Gasteiger partial charge in [-0.15, -0.1) is 0 Å². The fraction of sp³-hybridized carbons (Fsp3) is 0.214. The molecule has 0 bridgehead atoms. The van der Waals surface area contributed by atoms with Gasteiger partial charge in [-0.05, 0) is 84.3 Å². The first-order chi connectivity index (χ1) is 18.2. The van der Waals surface area contributed by atoms with Gasteiger partial charge in [-0.3, -0.25) is 14.4 Å². The molecule has 0 unspecified atom stereocenters. The number of carbonyl (C=O) groups excluding carboxylic acids is 3. The molecule has 3 N–H and O–H groups in total. The summed E-state index contributed by atoms with van der Waals surface area (Å²) in [6.45, 7) is 6.15. The minimum atomic E-state index is -0.882. The van der Waals surface area contributed by atoms with Crippen LogP contribution < -0.4 is 25.5 Å². The Morgan fingerprint density at radius 2 is 1.71 bits per heavy atom. The van der Waals surface area contributed by atoms with Crippen molar-refractivity contribution < 1.29 is 23.9 Å².